The third-order valence-corrected chi connectivity index (χ3v) is 5.75. The van der Waals surface area contributed by atoms with Gasteiger partial charge in [0.2, 0.25) is 5.91 Å². The highest BCUT2D eigenvalue weighted by atomic mass is 16.2. The maximum Gasteiger partial charge on any atom is 0.252 e. The zero-order valence-corrected chi connectivity index (χ0v) is 16.0. The van der Waals surface area contributed by atoms with Gasteiger partial charge in [0, 0.05) is 12.6 Å². The first-order valence-electron chi connectivity index (χ1n) is 9.68. The maximum absolute atomic E-state index is 13.1. The van der Waals surface area contributed by atoms with Crippen molar-refractivity contribution in [1.82, 2.24) is 10.2 Å². The molecule has 5 rings (SSSR count). The van der Waals surface area contributed by atoms with Crippen LogP contribution in [0.2, 0.25) is 0 Å². The second-order valence-corrected chi connectivity index (χ2v) is 7.42. The second kappa shape index (κ2) is 6.74. The Bertz CT molecular complexity index is 1150. The van der Waals surface area contributed by atoms with E-state index in [0.29, 0.717) is 5.56 Å². The van der Waals surface area contributed by atoms with Gasteiger partial charge in [0.05, 0.1) is 6.04 Å². The van der Waals surface area contributed by atoms with Crippen molar-refractivity contribution in [3.63, 3.8) is 0 Å². The number of hydrogen-bond donors (Lipinski definition) is 1. The third-order valence-electron chi connectivity index (χ3n) is 5.75. The number of fused-ring (bicyclic) bond motifs is 6. The zero-order chi connectivity index (χ0) is 20.0. The number of nitrogens with zero attached hydrogens (tertiary/aromatic N) is 1. The summed E-state index contributed by atoms with van der Waals surface area (Å²) in [6.07, 6.45) is 1.92. The minimum Gasteiger partial charge on any atom is -0.337 e. The standard InChI is InChI=1S/C25H20N2O2/c1-27-23-20-14-8-7-12-18(20)17-11-5-6-13-19(17)21(23)15-22(25(27)29)26-24(28)16-9-3-2-4-10-16/h2-15,22-23H,1H3,(H,26,28)/t22-,23+/m1/s1. The van der Waals surface area contributed by atoms with Gasteiger partial charge in [-0.05, 0) is 46.0 Å². The summed E-state index contributed by atoms with van der Waals surface area (Å²) in [4.78, 5) is 27.5. The highest BCUT2D eigenvalue weighted by Crippen LogP contribution is 2.49. The molecule has 1 aliphatic carbocycles. The molecule has 3 aromatic rings. The Labute approximate surface area is 169 Å². The SMILES string of the molecule is CN1C(=O)[C@H](NC(=O)c2ccccc2)C=C2c3ccccc3-c3ccccc3[C@@H]21. The monoisotopic (exact) mass is 380 g/mol. The number of amides is 2. The molecule has 29 heavy (non-hydrogen) atoms. The molecule has 0 radical (unpaired) electrons. The fourth-order valence-corrected chi connectivity index (χ4v) is 4.38. The molecule has 0 spiro atoms. The van der Waals surface area contributed by atoms with E-state index in [9.17, 15) is 9.59 Å². The number of carbonyl (C=O) groups is 2. The predicted octanol–water partition coefficient (Wildman–Crippen LogP) is 4.06. The molecule has 1 heterocycles. The van der Waals surface area contributed by atoms with Crippen molar-refractivity contribution in [1.29, 1.82) is 0 Å². The lowest BCUT2D eigenvalue weighted by Gasteiger charge is -2.41. The molecule has 0 saturated heterocycles. The number of hydrogen-bond acceptors (Lipinski definition) is 2. The molecule has 0 saturated carbocycles. The predicted molar refractivity (Wildman–Crippen MR) is 113 cm³/mol. The lowest BCUT2D eigenvalue weighted by Crippen LogP contribution is -2.51. The van der Waals surface area contributed by atoms with E-state index in [1.807, 2.05) is 55.6 Å². The summed E-state index contributed by atoms with van der Waals surface area (Å²) < 4.78 is 0. The third kappa shape index (κ3) is 2.76. The molecule has 1 aliphatic heterocycles. The molecule has 4 heteroatoms. The average molecular weight is 380 g/mol. The van der Waals surface area contributed by atoms with Crippen LogP contribution in [0.5, 0.6) is 0 Å². The van der Waals surface area contributed by atoms with E-state index in [-0.39, 0.29) is 17.9 Å². The molecule has 2 aliphatic rings. The van der Waals surface area contributed by atoms with E-state index >= 15 is 0 Å². The second-order valence-electron chi connectivity index (χ2n) is 7.42. The lowest BCUT2D eigenvalue weighted by atomic mass is 9.76. The molecule has 0 unspecified atom stereocenters. The first-order valence-corrected chi connectivity index (χ1v) is 9.68. The highest BCUT2D eigenvalue weighted by Gasteiger charge is 2.40. The van der Waals surface area contributed by atoms with Crippen molar-refractivity contribution in [2.45, 2.75) is 12.1 Å². The normalized spacial score (nSPS) is 19.6. The van der Waals surface area contributed by atoms with E-state index < -0.39 is 6.04 Å². The fourth-order valence-electron chi connectivity index (χ4n) is 4.38. The lowest BCUT2D eigenvalue weighted by molar-refractivity contribution is -0.132. The Morgan fingerprint density at radius 2 is 1.45 bits per heavy atom. The number of nitrogens with one attached hydrogen (secondary N) is 1. The molecule has 0 aromatic heterocycles. The number of benzene rings is 3. The molecule has 0 bridgehead atoms. The average Bonchev–Trinajstić information content (AvgIpc) is 2.77. The van der Waals surface area contributed by atoms with Crippen LogP contribution in [0.15, 0.2) is 84.9 Å². The van der Waals surface area contributed by atoms with Crippen LogP contribution in [0.4, 0.5) is 0 Å². The molecule has 4 nitrogen and oxygen atoms in total. The summed E-state index contributed by atoms with van der Waals surface area (Å²) in [5.74, 6) is -0.366. The van der Waals surface area contributed by atoms with Crippen LogP contribution in [0.25, 0.3) is 16.7 Å². The quantitative estimate of drug-likeness (QED) is 0.729. The van der Waals surface area contributed by atoms with Gasteiger partial charge in [-0.2, -0.15) is 0 Å². The van der Waals surface area contributed by atoms with Gasteiger partial charge in [0.1, 0.15) is 6.04 Å². The Kier molecular flexibility index (Phi) is 4.06. The molecule has 2 atom stereocenters. The molecule has 3 aromatic carbocycles. The number of likely N-dealkylation sites (N-methyl/N-ethyl adjacent to an activating group) is 1. The van der Waals surface area contributed by atoms with Crippen molar-refractivity contribution >= 4 is 17.4 Å². The van der Waals surface area contributed by atoms with Crippen LogP contribution < -0.4 is 5.32 Å². The number of rotatable bonds is 2. The van der Waals surface area contributed by atoms with Gasteiger partial charge in [0.25, 0.3) is 5.91 Å². The van der Waals surface area contributed by atoms with Gasteiger partial charge in [-0.1, -0.05) is 66.7 Å². The smallest absolute Gasteiger partial charge is 0.252 e. The van der Waals surface area contributed by atoms with E-state index in [0.717, 1.165) is 27.8 Å². The molecule has 0 fully saturated rings. The van der Waals surface area contributed by atoms with Gasteiger partial charge in [0.15, 0.2) is 0 Å². The van der Waals surface area contributed by atoms with Gasteiger partial charge in [-0.3, -0.25) is 9.59 Å². The van der Waals surface area contributed by atoms with Crippen molar-refractivity contribution in [2.24, 2.45) is 0 Å². The number of carbonyl (C=O) groups excluding carboxylic acids is 2. The van der Waals surface area contributed by atoms with Crippen LogP contribution in [-0.2, 0) is 4.79 Å². The maximum atomic E-state index is 13.1. The van der Waals surface area contributed by atoms with Gasteiger partial charge >= 0.3 is 0 Å². The van der Waals surface area contributed by atoms with Gasteiger partial charge < -0.3 is 10.2 Å². The van der Waals surface area contributed by atoms with Gasteiger partial charge in [-0.25, -0.2) is 0 Å². The largest absolute Gasteiger partial charge is 0.337 e. The van der Waals surface area contributed by atoms with Crippen LogP contribution in [0.1, 0.15) is 27.5 Å². The first-order chi connectivity index (χ1) is 14.1. The van der Waals surface area contributed by atoms with E-state index in [1.165, 1.54) is 0 Å². The minimum atomic E-state index is -0.697. The van der Waals surface area contributed by atoms with Crippen molar-refractivity contribution in [3.05, 3.63) is 102 Å². The fraction of sp³-hybridized carbons (Fsp3) is 0.120. The molecule has 2 amide bonds. The summed E-state index contributed by atoms with van der Waals surface area (Å²) in [6, 6.07) is 24.6. The van der Waals surface area contributed by atoms with Crippen LogP contribution in [0.3, 0.4) is 0 Å². The van der Waals surface area contributed by atoms with E-state index in [1.54, 1.807) is 17.0 Å². The van der Waals surface area contributed by atoms with Crippen molar-refractivity contribution in [3.8, 4) is 11.1 Å². The summed E-state index contributed by atoms with van der Waals surface area (Å²) in [6.45, 7) is 0. The molecular weight excluding hydrogens is 360 g/mol. The van der Waals surface area contributed by atoms with Crippen molar-refractivity contribution in [2.75, 3.05) is 7.05 Å². The molecular formula is C25H20N2O2. The Morgan fingerprint density at radius 3 is 2.21 bits per heavy atom. The Hall–Kier alpha value is -3.66. The summed E-state index contributed by atoms with van der Waals surface area (Å²) in [7, 11) is 1.81. The van der Waals surface area contributed by atoms with E-state index in [2.05, 4.69) is 29.6 Å². The Morgan fingerprint density at radius 1 is 0.828 bits per heavy atom. The summed E-state index contributed by atoms with van der Waals surface area (Å²) in [5.41, 5.74) is 6.12. The van der Waals surface area contributed by atoms with Crippen LogP contribution in [0, 0.1) is 0 Å². The highest BCUT2D eigenvalue weighted by molar-refractivity contribution is 6.02. The zero-order valence-electron chi connectivity index (χ0n) is 16.0. The minimum absolute atomic E-state index is 0.114. The molecule has 1 N–H and O–H groups in total. The molecule has 142 valence electrons. The van der Waals surface area contributed by atoms with Crippen molar-refractivity contribution < 1.29 is 9.59 Å². The van der Waals surface area contributed by atoms with E-state index in [4.69, 9.17) is 0 Å². The van der Waals surface area contributed by atoms with Crippen LogP contribution in [-0.4, -0.2) is 29.8 Å². The van der Waals surface area contributed by atoms with Gasteiger partial charge in [-0.15, -0.1) is 0 Å². The summed E-state index contributed by atoms with van der Waals surface area (Å²) >= 11 is 0. The topological polar surface area (TPSA) is 49.4 Å². The summed E-state index contributed by atoms with van der Waals surface area (Å²) in [5, 5.41) is 2.90. The van der Waals surface area contributed by atoms with Crippen LogP contribution >= 0.6 is 0 Å². The Balaban J connectivity index is 1.60. The first kappa shape index (κ1) is 17.4.